The summed E-state index contributed by atoms with van der Waals surface area (Å²) in [5.74, 6) is 1.03. The molecule has 0 N–H and O–H groups in total. The van der Waals surface area contributed by atoms with Crippen LogP contribution < -0.4 is 11.1 Å². The van der Waals surface area contributed by atoms with Crippen LogP contribution in [0.5, 0.6) is 0 Å². The van der Waals surface area contributed by atoms with Gasteiger partial charge in [0.05, 0.1) is 22.2 Å². The normalized spacial score (nSPS) is 11.3. The zero-order valence-electron chi connectivity index (χ0n) is 17.9. The Hall–Kier alpha value is -3.49. The molecule has 5 rings (SSSR count). The molecule has 3 aromatic heterocycles. The second-order valence-corrected chi connectivity index (χ2v) is 9.48. The zero-order valence-corrected chi connectivity index (χ0v) is 19.5. The molecule has 0 atom stereocenters. The van der Waals surface area contributed by atoms with Gasteiger partial charge >= 0.3 is 0 Å². The lowest BCUT2D eigenvalue weighted by atomic mass is 10.2. The zero-order chi connectivity index (χ0) is 22.9. The lowest BCUT2D eigenvalue weighted by Gasteiger charge is -2.12. The lowest BCUT2D eigenvalue weighted by Crippen LogP contribution is -2.23. The largest absolute Gasteiger partial charge is 0.299 e. The van der Waals surface area contributed by atoms with E-state index in [0.29, 0.717) is 44.4 Å². The minimum atomic E-state index is -0.0894. The Morgan fingerprint density at radius 1 is 1.00 bits per heavy atom. The first-order valence-electron chi connectivity index (χ1n) is 10.3. The number of para-hydroxylation sites is 1. The molecule has 0 fully saturated rings. The van der Waals surface area contributed by atoms with Gasteiger partial charge in [0.1, 0.15) is 10.5 Å². The van der Waals surface area contributed by atoms with Gasteiger partial charge in [-0.25, -0.2) is 9.97 Å². The number of thioether (sulfide) groups is 1. The van der Waals surface area contributed by atoms with Crippen molar-refractivity contribution < 1.29 is 0 Å². The highest BCUT2D eigenvalue weighted by Gasteiger charge is 2.16. The predicted molar refractivity (Wildman–Crippen MR) is 136 cm³/mol. The third-order valence-corrected chi connectivity index (χ3v) is 7.51. The Kier molecular flexibility index (Phi) is 5.70. The highest BCUT2D eigenvalue weighted by Crippen LogP contribution is 2.32. The molecule has 164 valence electrons. The number of fused-ring (bicyclic) bond motifs is 2. The molecule has 0 aliphatic rings. The number of rotatable bonds is 6. The van der Waals surface area contributed by atoms with Crippen LogP contribution in [-0.2, 0) is 19.3 Å². The summed E-state index contributed by atoms with van der Waals surface area (Å²) in [6.07, 6.45) is 1.69. The highest BCUT2D eigenvalue weighted by atomic mass is 32.2. The summed E-state index contributed by atoms with van der Waals surface area (Å²) in [4.78, 5) is 36.5. The Bertz CT molecular complexity index is 1620. The van der Waals surface area contributed by atoms with Crippen LogP contribution in [0.15, 0.2) is 88.1 Å². The van der Waals surface area contributed by atoms with Gasteiger partial charge < -0.3 is 0 Å². The molecule has 2 aromatic carbocycles. The predicted octanol–water partition coefficient (Wildman–Crippen LogP) is 4.85. The molecule has 0 saturated heterocycles. The standard InChI is InChI=1S/C25H20N4O2S2/c1-3-13-29-24(31)22-19(14-20(33-22)16-9-5-4-6-10-16)27-25(29)32-15-21-26-18-12-8-7-11-17(18)23(30)28(21)2/h3-12,14H,1,13,15H2,2H3. The van der Waals surface area contributed by atoms with Crippen molar-refractivity contribution in [2.24, 2.45) is 7.05 Å². The maximum Gasteiger partial charge on any atom is 0.272 e. The van der Waals surface area contributed by atoms with Gasteiger partial charge in [-0.1, -0.05) is 60.3 Å². The topological polar surface area (TPSA) is 69.8 Å². The Labute approximate surface area is 197 Å². The monoisotopic (exact) mass is 472 g/mol. The molecule has 0 spiro atoms. The van der Waals surface area contributed by atoms with E-state index in [9.17, 15) is 9.59 Å². The van der Waals surface area contributed by atoms with E-state index in [1.807, 2.05) is 54.6 Å². The van der Waals surface area contributed by atoms with Crippen molar-refractivity contribution in [3.05, 3.63) is 99.9 Å². The third kappa shape index (κ3) is 3.92. The fourth-order valence-electron chi connectivity index (χ4n) is 3.66. The number of thiophene rings is 1. The molecular weight excluding hydrogens is 452 g/mol. The molecular formula is C25H20N4O2S2. The molecule has 3 heterocycles. The maximum absolute atomic E-state index is 13.3. The fourth-order valence-corrected chi connectivity index (χ4v) is 5.70. The van der Waals surface area contributed by atoms with Crippen molar-refractivity contribution in [1.29, 1.82) is 0 Å². The second kappa shape index (κ2) is 8.80. The summed E-state index contributed by atoms with van der Waals surface area (Å²) < 4.78 is 3.81. The average molecular weight is 473 g/mol. The van der Waals surface area contributed by atoms with Gasteiger partial charge in [-0.15, -0.1) is 17.9 Å². The smallest absolute Gasteiger partial charge is 0.272 e. The Balaban J connectivity index is 1.56. The molecule has 6 nitrogen and oxygen atoms in total. The minimum Gasteiger partial charge on any atom is -0.299 e. The van der Waals surface area contributed by atoms with E-state index in [1.54, 1.807) is 28.3 Å². The first-order valence-corrected chi connectivity index (χ1v) is 12.1. The summed E-state index contributed by atoms with van der Waals surface area (Å²) in [6.45, 7) is 4.15. The van der Waals surface area contributed by atoms with Crippen LogP contribution in [0.4, 0.5) is 0 Å². The highest BCUT2D eigenvalue weighted by molar-refractivity contribution is 7.98. The van der Waals surface area contributed by atoms with Gasteiger partial charge in [0.15, 0.2) is 5.16 Å². The molecule has 0 aliphatic heterocycles. The van der Waals surface area contributed by atoms with Crippen LogP contribution in [0.25, 0.3) is 31.6 Å². The number of hydrogen-bond acceptors (Lipinski definition) is 6. The van der Waals surface area contributed by atoms with Crippen LogP contribution in [0.1, 0.15) is 5.82 Å². The van der Waals surface area contributed by atoms with Crippen molar-refractivity contribution in [1.82, 2.24) is 19.1 Å². The quantitative estimate of drug-likeness (QED) is 0.201. The van der Waals surface area contributed by atoms with Gasteiger partial charge in [0.25, 0.3) is 11.1 Å². The van der Waals surface area contributed by atoms with Crippen molar-refractivity contribution in [3.63, 3.8) is 0 Å². The van der Waals surface area contributed by atoms with Crippen molar-refractivity contribution in [2.75, 3.05) is 0 Å². The average Bonchev–Trinajstić information content (AvgIpc) is 3.28. The van der Waals surface area contributed by atoms with E-state index in [2.05, 4.69) is 11.6 Å². The van der Waals surface area contributed by atoms with Gasteiger partial charge in [0.2, 0.25) is 0 Å². The number of hydrogen-bond donors (Lipinski definition) is 0. The van der Waals surface area contributed by atoms with E-state index in [-0.39, 0.29) is 11.1 Å². The number of allylic oxidation sites excluding steroid dienone is 1. The first kappa shape index (κ1) is 21.4. The third-order valence-electron chi connectivity index (χ3n) is 5.37. The van der Waals surface area contributed by atoms with Crippen molar-refractivity contribution >= 4 is 44.2 Å². The molecule has 0 bridgehead atoms. The van der Waals surface area contributed by atoms with E-state index < -0.39 is 0 Å². The first-order chi connectivity index (χ1) is 16.1. The van der Waals surface area contributed by atoms with Crippen LogP contribution in [0.2, 0.25) is 0 Å². The second-order valence-electron chi connectivity index (χ2n) is 7.49. The van der Waals surface area contributed by atoms with Gasteiger partial charge in [-0.2, -0.15) is 0 Å². The van der Waals surface area contributed by atoms with Crippen LogP contribution >= 0.6 is 23.1 Å². The fraction of sp³-hybridized carbons (Fsp3) is 0.120. The van der Waals surface area contributed by atoms with E-state index in [0.717, 1.165) is 10.4 Å². The number of nitrogens with zero attached hydrogens (tertiary/aromatic N) is 4. The Morgan fingerprint density at radius 2 is 1.76 bits per heavy atom. The molecule has 8 heteroatoms. The van der Waals surface area contributed by atoms with Crippen molar-refractivity contribution in [3.8, 4) is 10.4 Å². The minimum absolute atomic E-state index is 0.0880. The Morgan fingerprint density at radius 3 is 2.55 bits per heavy atom. The molecule has 33 heavy (non-hydrogen) atoms. The molecule has 0 saturated carbocycles. The lowest BCUT2D eigenvalue weighted by molar-refractivity contribution is 0.671. The summed E-state index contributed by atoms with van der Waals surface area (Å²) in [5, 5.41) is 1.16. The van der Waals surface area contributed by atoms with E-state index >= 15 is 0 Å². The summed E-state index contributed by atoms with van der Waals surface area (Å²) >= 11 is 2.84. The van der Waals surface area contributed by atoms with E-state index in [1.165, 1.54) is 23.1 Å². The van der Waals surface area contributed by atoms with Crippen molar-refractivity contribution in [2.45, 2.75) is 17.5 Å². The van der Waals surface area contributed by atoms with E-state index in [4.69, 9.17) is 4.98 Å². The SMILES string of the molecule is C=CCn1c(SCc2nc3ccccc3c(=O)n2C)nc2cc(-c3ccccc3)sc2c1=O. The number of benzene rings is 2. The van der Waals surface area contributed by atoms with Gasteiger partial charge in [0, 0.05) is 18.5 Å². The van der Waals surface area contributed by atoms with Gasteiger partial charge in [-0.3, -0.25) is 18.7 Å². The maximum atomic E-state index is 13.3. The summed E-state index contributed by atoms with van der Waals surface area (Å²) in [7, 11) is 1.72. The molecule has 0 amide bonds. The summed E-state index contributed by atoms with van der Waals surface area (Å²) in [6, 6.07) is 19.2. The van der Waals surface area contributed by atoms with Gasteiger partial charge in [-0.05, 0) is 23.8 Å². The number of aromatic nitrogens is 4. The molecule has 0 aliphatic carbocycles. The van der Waals surface area contributed by atoms with Crippen LogP contribution in [0, 0.1) is 0 Å². The molecule has 0 unspecified atom stereocenters. The molecule has 5 aromatic rings. The molecule has 0 radical (unpaired) electrons. The van der Waals surface area contributed by atoms with Crippen LogP contribution in [-0.4, -0.2) is 19.1 Å². The van der Waals surface area contributed by atoms with Crippen LogP contribution in [0.3, 0.4) is 0 Å². The summed E-state index contributed by atoms with van der Waals surface area (Å²) in [5.41, 5.74) is 2.21.